The molecule has 3 rings (SSSR count). The number of ether oxygens (including phenoxy) is 4. The summed E-state index contributed by atoms with van der Waals surface area (Å²) in [5.74, 6) is 1.41. The first-order valence-corrected chi connectivity index (χ1v) is 9.15. The molecule has 3 aromatic rings. The minimum atomic E-state index is -0.561. The standard InChI is InChI=1S/C22H23N3O5/c1-13-9-14(2)24-22(23-13)25-16-7-6-8-17(12-16)30-21(26)15-10-18(27-3)20(29-5)19(11-15)28-4/h6-12H,1-5H3,(H,23,24,25). The zero-order valence-electron chi connectivity index (χ0n) is 17.5. The van der Waals surface area contributed by atoms with Crippen LogP contribution in [0.15, 0.2) is 42.5 Å². The van der Waals surface area contributed by atoms with E-state index in [0.717, 1.165) is 11.4 Å². The maximum absolute atomic E-state index is 12.7. The van der Waals surface area contributed by atoms with E-state index in [2.05, 4.69) is 15.3 Å². The van der Waals surface area contributed by atoms with Gasteiger partial charge in [0, 0.05) is 23.1 Å². The fraction of sp³-hybridized carbons (Fsp3) is 0.227. The van der Waals surface area contributed by atoms with Gasteiger partial charge in [-0.3, -0.25) is 0 Å². The minimum Gasteiger partial charge on any atom is -0.493 e. The molecule has 1 N–H and O–H groups in total. The summed E-state index contributed by atoms with van der Waals surface area (Å²) in [5, 5.41) is 3.12. The van der Waals surface area contributed by atoms with Crippen LogP contribution in [-0.2, 0) is 0 Å². The van der Waals surface area contributed by atoms with Gasteiger partial charge in [0.2, 0.25) is 11.7 Å². The van der Waals surface area contributed by atoms with Gasteiger partial charge in [0.05, 0.1) is 26.9 Å². The number of hydrogen-bond donors (Lipinski definition) is 1. The van der Waals surface area contributed by atoms with Crippen molar-refractivity contribution in [3.05, 3.63) is 59.4 Å². The molecule has 30 heavy (non-hydrogen) atoms. The van der Waals surface area contributed by atoms with E-state index in [1.807, 2.05) is 26.0 Å². The van der Waals surface area contributed by atoms with Crippen LogP contribution in [0.5, 0.6) is 23.0 Å². The molecule has 0 aliphatic heterocycles. The molecule has 0 spiro atoms. The topological polar surface area (TPSA) is 91.8 Å². The SMILES string of the molecule is COc1cc(C(=O)Oc2cccc(Nc3nc(C)cc(C)n3)c2)cc(OC)c1OC. The van der Waals surface area contributed by atoms with Crippen molar-refractivity contribution < 1.29 is 23.7 Å². The highest BCUT2D eigenvalue weighted by Gasteiger charge is 2.18. The maximum atomic E-state index is 12.7. The molecule has 0 unspecified atom stereocenters. The summed E-state index contributed by atoms with van der Waals surface area (Å²) in [4.78, 5) is 21.4. The van der Waals surface area contributed by atoms with Crippen LogP contribution in [0.2, 0.25) is 0 Å². The summed E-state index contributed by atoms with van der Waals surface area (Å²) in [5.41, 5.74) is 2.67. The lowest BCUT2D eigenvalue weighted by Gasteiger charge is -2.14. The van der Waals surface area contributed by atoms with Gasteiger partial charge in [-0.15, -0.1) is 0 Å². The number of nitrogens with one attached hydrogen (secondary N) is 1. The number of aromatic nitrogens is 2. The smallest absolute Gasteiger partial charge is 0.343 e. The summed E-state index contributed by atoms with van der Waals surface area (Å²) in [7, 11) is 4.46. The number of esters is 1. The largest absolute Gasteiger partial charge is 0.493 e. The highest BCUT2D eigenvalue weighted by molar-refractivity contribution is 5.92. The van der Waals surface area contributed by atoms with E-state index in [1.165, 1.54) is 33.5 Å². The molecule has 1 aromatic heterocycles. The van der Waals surface area contributed by atoms with Crippen LogP contribution in [0.3, 0.4) is 0 Å². The third-order valence-electron chi connectivity index (χ3n) is 4.18. The number of carbonyl (C=O) groups excluding carboxylic acids is 1. The highest BCUT2D eigenvalue weighted by atomic mass is 16.5. The lowest BCUT2D eigenvalue weighted by molar-refractivity contribution is 0.0734. The summed E-state index contributed by atoms with van der Waals surface area (Å²) in [6.45, 7) is 3.80. The van der Waals surface area contributed by atoms with Crippen LogP contribution >= 0.6 is 0 Å². The van der Waals surface area contributed by atoms with Gasteiger partial charge in [-0.1, -0.05) is 6.07 Å². The van der Waals surface area contributed by atoms with Crippen molar-refractivity contribution in [3.8, 4) is 23.0 Å². The molecular weight excluding hydrogens is 386 g/mol. The number of benzene rings is 2. The average Bonchev–Trinajstić information content (AvgIpc) is 2.72. The van der Waals surface area contributed by atoms with Crippen LogP contribution in [0.25, 0.3) is 0 Å². The van der Waals surface area contributed by atoms with Gasteiger partial charge in [0.1, 0.15) is 5.75 Å². The lowest BCUT2D eigenvalue weighted by atomic mass is 10.2. The summed E-state index contributed by atoms with van der Waals surface area (Å²) >= 11 is 0. The molecule has 0 saturated carbocycles. The van der Waals surface area contributed by atoms with E-state index < -0.39 is 5.97 Å². The van der Waals surface area contributed by atoms with E-state index >= 15 is 0 Å². The summed E-state index contributed by atoms with van der Waals surface area (Å²) < 4.78 is 21.4. The first kappa shape index (κ1) is 20.9. The minimum absolute atomic E-state index is 0.264. The Balaban J connectivity index is 1.81. The van der Waals surface area contributed by atoms with Crippen molar-refractivity contribution in [2.45, 2.75) is 13.8 Å². The second-order valence-electron chi connectivity index (χ2n) is 6.43. The monoisotopic (exact) mass is 409 g/mol. The molecule has 0 aliphatic carbocycles. The predicted molar refractivity (Wildman–Crippen MR) is 112 cm³/mol. The number of anilines is 2. The Bertz CT molecular complexity index is 1020. The summed E-state index contributed by atoms with van der Waals surface area (Å²) in [6.07, 6.45) is 0. The molecule has 1 heterocycles. The highest BCUT2D eigenvalue weighted by Crippen LogP contribution is 2.38. The zero-order chi connectivity index (χ0) is 21.7. The molecule has 0 fully saturated rings. The third kappa shape index (κ3) is 4.78. The fourth-order valence-corrected chi connectivity index (χ4v) is 2.91. The van der Waals surface area contributed by atoms with Gasteiger partial charge >= 0.3 is 5.97 Å². The molecule has 8 nitrogen and oxygen atoms in total. The fourth-order valence-electron chi connectivity index (χ4n) is 2.91. The zero-order valence-corrected chi connectivity index (χ0v) is 17.5. The van der Waals surface area contributed by atoms with Gasteiger partial charge in [-0.25, -0.2) is 14.8 Å². The Morgan fingerprint density at radius 3 is 2.07 bits per heavy atom. The molecule has 0 saturated heterocycles. The summed E-state index contributed by atoms with van der Waals surface area (Å²) in [6, 6.07) is 11.9. The quantitative estimate of drug-likeness (QED) is 0.461. The molecule has 8 heteroatoms. The Kier molecular flexibility index (Phi) is 6.36. The van der Waals surface area contributed by atoms with Gasteiger partial charge in [0.25, 0.3) is 0 Å². The number of hydrogen-bond acceptors (Lipinski definition) is 8. The van der Waals surface area contributed by atoms with Crippen LogP contribution in [0.4, 0.5) is 11.6 Å². The normalized spacial score (nSPS) is 10.3. The molecular formula is C22H23N3O5. The van der Waals surface area contributed by atoms with Crippen LogP contribution in [-0.4, -0.2) is 37.3 Å². The van der Waals surface area contributed by atoms with Gasteiger partial charge in [-0.05, 0) is 44.2 Å². The van der Waals surface area contributed by atoms with Gasteiger partial charge in [0.15, 0.2) is 11.5 Å². The van der Waals surface area contributed by atoms with Crippen molar-refractivity contribution >= 4 is 17.6 Å². The number of aryl methyl sites for hydroxylation is 2. The number of methoxy groups -OCH3 is 3. The Morgan fingerprint density at radius 2 is 1.50 bits per heavy atom. The van der Waals surface area contributed by atoms with Crippen LogP contribution in [0.1, 0.15) is 21.7 Å². The van der Waals surface area contributed by atoms with E-state index in [9.17, 15) is 4.79 Å². The van der Waals surface area contributed by atoms with Crippen molar-refractivity contribution in [1.29, 1.82) is 0 Å². The number of nitrogens with zero attached hydrogens (tertiary/aromatic N) is 2. The number of rotatable bonds is 7. The maximum Gasteiger partial charge on any atom is 0.343 e. The van der Waals surface area contributed by atoms with Gasteiger partial charge < -0.3 is 24.3 Å². The molecule has 0 radical (unpaired) electrons. The molecule has 0 aliphatic rings. The van der Waals surface area contributed by atoms with E-state index in [0.29, 0.717) is 34.6 Å². The van der Waals surface area contributed by atoms with Crippen molar-refractivity contribution in [2.75, 3.05) is 26.6 Å². The molecule has 0 amide bonds. The Morgan fingerprint density at radius 1 is 0.867 bits per heavy atom. The lowest BCUT2D eigenvalue weighted by Crippen LogP contribution is -2.10. The predicted octanol–water partition coefficient (Wildman–Crippen LogP) is 4.08. The van der Waals surface area contributed by atoms with Crippen LogP contribution < -0.4 is 24.3 Å². The van der Waals surface area contributed by atoms with Crippen molar-refractivity contribution in [1.82, 2.24) is 9.97 Å². The Labute approximate surface area is 174 Å². The van der Waals surface area contributed by atoms with Gasteiger partial charge in [-0.2, -0.15) is 0 Å². The van der Waals surface area contributed by atoms with Crippen molar-refractivity contribution in [3.63, 3.8) is 0 Å². The van der Waals surface area contributed by atoms with Crippen LogP contribution in [0, 0.1) is 13.8 Å². The first-order valence-electron chi connectivity index (χ1n) is 9.15. The molecule has 156 valence electrons. The second-order valence-corrected chi connectivity index (χ2v) is 6.43. The molecule has 0 atom stereocenters. The second kappa shape index (κ2) is 9.13. The van der Waals surface area contributed by atoms with E-state index in [4.69, 9.17) is 18.9 Å². The average molecular weight is 409 g/mol. The van der Waals surface area contributed by atoms with E-state index in [1.54, 1.807) is 18.2 Å². The Hall–Kier alpha value is -3.81. The number of carbonyl (C=O) groups is 1. The molecule has 0 bridgehead atoms. The van der Waals surface area contributed by atoms with Crippen molar-refractivity contribution in [2.24, 2.45) is 0 Å². The first-order chi connectivity index (χ1) is 14.4. The van der Waals surface area contributed by atoms with E-state index in [-0.39, 0.29) is 5.56 Å². The molecule has 2 aromatic carbocycles. The third-order valence-corrected chi connectivity index (χ3v) is 4.18.